The number of hydrogen-bond acceptors (Lipinski definition) is 0. The molecule has 0 heteroatoms. The van der Waals surface area contributed by atoms with E-state index in [2.05, 4.69) is 157 Å². The largest absolute Gasteiger partial charge is 0.0991 e. The molecular weight excluding hydrogens is 577 g/mol. The molecule has 0 bridgehead atoms. The van der Waals surface area contributed by atoms with Gasteiger partial charge in [-0.3, -0.25) is 0 Å². The Kier molecular flexibility index (Phi) is 13.7. The minimum absolute atomic E-state index is 0. The first-order chi connectivity index (χ1) is 22.2. The number of aryl methyl sites for hydroxylation is 6. The van der Waals surface area contributed by atoms with Crippen molar-refractivity contribution >= 4 is 0 Å². The summed E-state index contributed by atoms with van der Waals surface area (Å²) in [4.78, 5) is 0. The summed E-state index contributed by atoms with van der Waals surface area (Å²) >= 11 is 0. The van der Waals surface area contributed by atoms with E-state index in [1.165, 1.54) is 83.5 Å². The standard InChI is InChI=1S/C16H20.2C15H14.2CH4/c1-4-7-14(2)8-5-6-9-16-12-10-15(3)11-13-16;1-10-3-5-14-12(7-10)9-13-8-11(2)4-6-15(13)14;1-10-3-5-12-9-13-6-4-11(2)8-15(13)14(12)7-10;;/h4-5,7-8,10-13H,1,6,9H2,2-3H3;2*3-8H,9H2,1-2H3;2*1H4/b8-5-,14-7-;;;;. The van der Waals surface area contributed by atoms with E-state index in [0.717, 1.165) is 25.7 Å². The van der Waals surface area contributed by atoms with Crippen LogP contribution in [0.3, 0.4) is 0 Å². The predicted octanol–water partition coefficient (Wildman–Crippen LogP) is 13.6. The summed E-state index contributed by atoms with van der Waals surface area (Å²) in [5, 5.41) is 0. The van der Waals surface area contributed by atoms with Gasteiger partial charge in [-0.05, 0) is 117 Å². The quantitative estimate of drug-likeness (QED) is 0.166. The Labute approximate surface area is 292 Å². The van der Waals surface area contributed by atoms with Gasteiger partial charge in [-0.1, -0.05) is 176 Å². The molecule has 48 heavy (non-hydrogen) atoms. The van der Waals surface area contributed by atoms with Gasteiger partial charge in [0.1, 0.15) is 0 Å². The van der Waals surface area contributed by atoms with Crippen LogP contribution in [0.1, 0.15) is 83.8 Å². The lowest BCUT2D eigenvalue weighted by Crippen LogP contribution is -1.83. The second kappa shape index (κ2) is 17.5. The lowest BCUT2D eigenvalue weighted by atomic mass is 10.0. The lowest BCUT2D eigenvalue weighted by Gasteiger charge is -2.03. The fraction of sp³-hybridized carbons (Fsp3) is 0.250. The van der Waals surface area contributed by atoms with Crippen molar-refractivity contribution in [2.45, 2.75) is 82.1 Å². The van der Waals surface area contributed by atoms with Gasteiger partial charge in [0.2, 0.25) is 0 Å². The maximum atomic E-state index is 3.67. The summed E-state index contributed by atoms with van der Waals surface area (Å²) < 4.78 is 0. The highest BCUT2D eigenvalue weighted by Gasteiger charge is 2.18. The second-order valence-corrected chi connectivity index (χ2v) is 13.1. The Bertz CT molecular complexity index is 1790. The third-order valence-electron chi connectivity index (χ3n) is 8.88. The second-order valence-electron chi connectivity index (χ2n) is 13.1. The van der Waals surface area contributed by atoms with Crippen molar-refractivity contribution in [3.8, 4) is 22.3 Å². The molecule has 0 aliphatic heterocycles. The smallest absolute Gasteiger partial charge is 0.00133 e. The summed E-state index contributed by atoms with van der Waals surface area (Å²) in [5.74, 6) is 0. The Morgan fingerprint density at radius 3 is 1.48 bits per heavy atom. The van der Waals surface area contributed by atoms with Gasteiger partial charge < -0.3 is 0 Å². The van der Waals surface area contributed by atoms with Crippen LogP contribution in [-0.4, -0.2) is 0 Å². The van der Waals surface area contributed by atoms with Gasteiger partial charge in [0.15, 0.2) is 0 Å². The summed E-state index contributed by atoms with van der Waals surface area (Å²) in [6, 6.07) is 35.8. The molecule has 0 heterocycles. The minimum atomic E-state index is 0. The highest BCUT2D eigenvalue weighted by atomic mass is 14.2. The highest BCUT2D eigenvalue weighted by Crippen LogP contribution is 2.38. The molecule has 0 saturated carbocycles. The maximum absolute atomic E-state index is 3.67. The van der Waals surface area contributed by atoms with Crippen LogP contribution in [0.15, 0.2) is 134 Å². The van der Waals surface area contributed by atoms with Crippen LogP contribution in [0.4, 0.5) is 0 Å². The van der Waals surface area contributed by atoms with Crippen LogP contribution in [-0.2, 0) is 19.3 Å². The molecule has 0 saturated heterocycles. The maximum Gasteiger partial charge on any atom is -0.00133 e. The molecule has 2 aliphatic rings. The Morgan fingerprint density at radius 2 is 0.979 bits per heavy atom. The molecule has 5 aromatic carbocycles. The van der Waals surface area contributed by atoms with Crippen LogP contribution in [0, 0.1) is 34.6 Å². The third-order valence-corrected chi connectivity index (χ3v) is 8.88. The van der Waals surface area contributed by atoms with Gasteiger partial charge in [-0.2, -0.15) is 0 Å². The number of benzene rings is 5. The number of hydrogen-bond donors (Lipinski definition) is 0. The average Bonchev–Trinajstić information content (AvgIpc) is 3.57. The molecule has 0 N–H and O–H groups in total. The van der Waals surface area contributed by atoms with Gasteiger partial charge in [-0.25, -0.2) is 0 Å². The molecule has 7 rings (SSSR count). The van der Waals surface area contributed by atoms with E-state index in [1.807, 2.05) is 12.2 Å². The lowest BCUT2D eigenvalue weighted by molar-refractivity contribution is 0.998. The monoisotopic (exact) mass is 632 g/mol. The topological polar surface area (TPSA) is 0 Å². The van der Waals surface area contributed by atoms with Crippen LogP contribution >= 0.6 is 0 Å². The average molecular weight is 633 g/mol. The number of fused-ring (bicyclic) bond motifs is 6. The van der Waals surface area contributed by atoms with Crippen molar-refractivity contribution in [2.24, 2.45) is 0 Å². The first-order valence-corrected chi connectivity index (χ1v) is 16.6. The van der Waals surface area contributed by atoms with Crippen molar-refractivity contribution in [3.63, 3.8) is 0 Å². The number of rotatable bonds is 5. The molecule has 0 unspecified atom stereocenters. The third kappa shape index (κ3) is 9.68. The van der Waals surface area contributed by atoms with Crippen LogP contribution < -0.4 is 0 Å². The van der Waals surface area contributed by atoms with Gasteiger partial charge in [0.05, 0.1) is 0 Å². The summed E-state index contributed by atoms with van der Waals surface area (Å²) in [6.45, 7) is 16.5. The zero-order valence-electron chi connectivity index (χ0n) is 28.6. The van der Waals surface area contributed by atoms with E-state index in [1.54, 1.807) is 0 Å². The van der Waals surface area contributed by atoms with Crippen LogP contribution in [0.25, 0.3) is 22.3 Å². The molecule has 5 aromatic rings. The summed E-state index contributed by atoms with van der Waals surface area (Å²) in [5.41, 5.74) is 21.0. The zero-order chi connectivity index (χ0) is 32.6. The van der Waals surface area contributed by atoms with E-state index >= 15 is 0 Å². The molecule has 0 fully saturated rings. The highest BCUT2D eigenvalue weighted by molar-refractivity contribution is 5.78. The molecular formula is C48H56. The molecule has 0 spiro atoms. The normalized spacial score (nSPS) is 11.8. The van der Waals surface area contributed by atoms with Gasteiger partial charge in [0, 0.05) is 0 Å². The Balaban J connectivity index is 0.000000191. The van der Waals surface area contributed by atoms with Crippen molar-refractivity contribution in [1.29, 1.82) is 0 Å². The van der Waals surface area contributed by atoms with E-state index in [4.69, 9.17) is 0 Å². The van der Waals surface area contributed by atoms with Crippen molar-refractivity contribution in [2.75, 3.05) is 0 Å². The zero-order valence-corrected chi connectivity index (χ0v) is 28.6. The van der Waals surface area contributed by atoms with E-state index < -0.39 is 0 Å². The first-order valence-electron chi connectivity index (χ1n) is 16.6. The molecule has 0 aromatic heterocycles. The van der Waals surface area contributed by atoms with Crippen LogP contribution in [0.2, 0.25) is 0 Å². The number of allylic oxidation sites excluding steroid dienone is 5. The molecule has 0 atom stereocenters. The van der Waals surface area contributed by atoms with Gasteiger partial charge in [-0.15, -0.1) is 0 Å². The van der Waals surface area contributed by atoms with Crippen molar-refractivity contribution < 1.29 is 0 Å². The molecule has 0 amide bonds. The van der Waals surface area contributed by atoms with Gasteiger partial charge in [0.25, 0.3) is 0 Å². The molecule has 2 aliphatic carbocycles. The first kappa shape index (κ1) is 37.8. The summed E-state index contributed by atoms with van der Waals surface area (Å²) in [6.07, 6.45) is 12.6. The minimum Gasteiger partial charge on any atom is -0.0991 e. The van der Waals surface area contributed by atoms with Crippen molar-refractivity contribution in [3.05, 3.63) is 189 Å². The van der Waals surface area contributed by atoms with Crippen molar-refractivity contribution in [1.82, 2.24) is 0 Å². The van der Waals surface area contributed by atoms with E-state index in [-0.39, 0.29) is 14.9 Å². The SMILES string of the molecule is C.C.C=C/C=C(C)\C=C/CCc1ccc(C)cc1.Cc1ccc2c(c1)-c1cc(C)ccc1C2.Cc1ccc2c(c1)Cc1cc(C)ccc1-2. The molecule has 0 radical (unpaired) electrons. The fourth-order valence-corrected chi connectivity index (χ4v) is 6.38. The Hall–Kier alpha value is -4.68. The molecule has 0 nitrogen and oxygen atoms in total. The predicted molar refractivity (Wildman–Crippen MR) is 214 cm³/mol. The van der Waals surface area contributed by atoms with Gasteiger partial charge >= 0.3 is 0 Å². The Morgan fingerprint density at radius 1 is 0.542 bits per heavy atom. The fourth-order valence-electron chi connectivity index (χ4n) is 6.38. The van der Waals surface area contributed by atoms with Crippen LogP contribution in [0.5, 0.6) is 0 Å². The summed E-state index contributed by atoms with van der Waals surface area (Å²) in [7, 11) is 0. The van der Waals surface area contributed by atoms with E-state index in [9.17, 15) is 0 Å². The van der Waals surface area contributed by atoms with E-state index in [0.29, 0.717) is 0 Å². The molecule has 248 valence electrons.